The van der Waals surface area contributed by atoms with Gasteiger partial charge in [-0.3, -0.25) is 9.69 Å². The number of piperazine rings is 1. The first-order valence-electron chi connectivity index (χ1n) is 6.73. The number of unbranched alkanes of at least 4 members (excludes halogenated alkanes) is 1. The van der Waals surface area contributed by atoms with Gasteiger partial charge in [-0.1, -0.05) is 19.8 Å². The second-order valence-corrected chi connectivity index (χ2v) is 5.36. The first-order valence-corrected chi connectivity index (χ1v) is 6.73. The van der Waals surface area contributed by atoms with Crippen LogP contribution in [-0.2, 0) is 4.79 Å². The van der Waals surface area contributed by atoms with Gasteiger partial charge in [0, 0.05) is 25.2 Å². The normalized spacial score (nSPS) is 28.2. The Hall–Kier alpha value is -0.610. The third-order valence-corrected chi connectivity index (χ3v) is 3.86. The van der Waals surface area contributed by atoms with E-state index in [2.05, 4.69) is 32.7 Å². The zero-order valence-electron chi connectivity index (χ0n) is 11.6. The molecule has 0 aliphatic carbocycles. The van der Waals surface area contributed by atoms with Gasteiger partial charge in [0.05, 0.1) is 6.04 Å². The summed E-state index contributed by atoms with van der Waals surface area (Å²) in [5.74, 6) is 0.130. The molecule has 0 radical (unpaired) electrons. The maximum atomic E-state index is 12.2. The summed E-state index contributed by atoms with van der Waals surface area (Å²) < 4.78 is 0. The van der Waals surface area contributed by atoms with E-state index in [1.807, 2.05) is 4.90 Å². The SMILES string of the molecule is CCCCC(N)C(=O)N1CC(C)N(C)C(C)C1. The van der Waals surface area contributed by atoms with Crippen molar-refractivity contribution in [3.8, 4) is 0 Å². The highest BCUT2D eigenvalue weighted by Crippen LogP contribution is 2.14. The Morgan fingerprint density at radius 1 is 1.35 bits per heavy atom. The van der Waals surface area contributed by atoms with Crippen LogP contribution in [0.4, 0.5) is 0 Å². The van der Waals surface area contributed by atoms with Crippen LogP contribution in [0.15, 0.2) is 0 Å². The molecule has 0 bridgehead atoms. The topological polar surface area (TPSA) is 49.6 Å². The Labute approximate surface area is 105 Å². The van der Waals surface area contributed by atoms with Crippen molar-refractivity contribution in [3.05, 3.63) is 0 Å². The van der Waals surface area contributed by atoms with Crippen molar-refractivity contribution >= 4 is 5.91 Å². The van der Waals surface area contributed by atoms with Gasteiger partial charge in [-0.15, -0.1) is 0 Å². The van der Waals surface area contributed by atoms with Crippen molar-refractivity contribution in [2.45, 2.75) is 58.2 Å². The van der Waals surface area contributed by atoms with E-state index in [9.17, 15) is 4.79 Å². The van der Waals surface area contributed by atoms with Crippen LogP contribution in [0.25, 0.3) is 0 Å². The smallest absolute Gasteiger partial charge is 0.239 e. The minimum Gasteiger partial charge on any atom is -0.338 e. The third-order valence-electron chi connectivity index (χ3n) is 3.86. The number of carbonyl (C=O) groups excluding carboxylic acids is 1. The van der Waals surface area contributed by atoms with E-state index < -0.39 is 0 Å². The maximum absolute atomic E-state index is 12.2. The fraction of sp³-hybridized carbons (Fsp3) is 0.923. The fourth-order valence-electron chi connectivity index (χ4n) is 2.37. The van der Waals surface area contributed by atoms with Gasteiger partial charge in [-0.25, -0.2) is 0 Å². The quantitative estimate of drug-likeness (QED) is 0.800. The zero-order chi connectivity index (χ0) is 13.0. The molecule has 0 saturated carbocycles. The second kappa shape index (κ2) is 6.36. The molecular formula is C13H27N3O. The van der Waals surface area contributed by atoms with Crippen LogP contribution in [0.3, 0.4) is 0 Å². The first kappa shape index (κ1) is 14.5. The predicted octanol–water partition coefficient (Wildman–Crippen LogP) is 1.05. The van der Waals surface area contributed by atoms with Gasteiger partial charge in [-0.05, 0) is 27.3 Å². The molecule has 1 aliphatic heterocycles. The van der Waals surface area contributed by atoms with Crippen LogP contribution in [-0.4, -0.2) is 54.0 Å². The zero-order valence-corrected chi connectivity index (χ0v) is 11.6. The Morgan fingerprint density at radius 2 is 1.88 bits per heavy atom. The second-order valence-electron chi connectivity index (χ2n) is 5.36. The molecule has 0 spiro atoms. The molecule has 4 heteroatoms. The summed E-state index contributed by atoms with van der Waals surface area (Å²) in [5.41, 5.74) is 5.95. The van der Waals surface area contributed by atoms with Crippen molar-refractivity contribution in [1.82, 2.24) is 9.80 Å². The van der Waals surface area contributed by atoms with Gasteiger partial charge in [0.1, 0.15) is 0 Å². The summed E-state index contributed by atoms with van der Waals surface area (Å²) in [5, 5.41) is 0. The highest BCUT2D eigenvalue weighted by Gasteiger charge is 2.31. The Morgan fingerprint density at radius 3 is 2.35 bits per heavy atom. The third kappa shape index (κ3) is 3.68. The minimum absolute atomic E-state index is 0.130. The van der Waals surface area contributed by atoms with Gasteiger partial charge in [-0.2, -0.15) is 0 Å². The number of rotatable bonds is 4. The minimum atomic E-state index is -0.308. The number of likely N-dealkylation sites (N-methyl/N-ethyl adjacent to an activating group) is 1. The summed E-state index contributed by atoms with van der Waals surface area (Å²) >= 11 is 0. The number of carbonyl (C=O) groups is 1. The molecular weight excluding hydrogens is 214 g/mol. The largest absolute Gasteiger partial charge is 0.338 e. The first-order chi connectivity index (χ1) is 7.97. The molecule has 3 unspecified atom stereocenters. The van der Waals surface area contributed by atoms with Crippen LogP contribution in [0.5, 0.6) is 0 Å². The highest BCUT2D eigenvalue weighted by atomic mass is 16.2. The van der Waals surface area contributed by atoms with Crippen LogP contribution in [0, 0.1) is 0 Å². The van der Waals surface area contributed by atoms with Crippen LogP contribution in [0.1, 0.15) is 40.0 Å². The van der Waals surface area contributed by atoms with Crippen molar-refractivity contribution < 1.29 is 4.79 Å². The van der Waals surface area contributed by atoms with Crippen molar-refractivity contribution in [1.29, 1.82) is 0 Å². The molecule has 3 atom stereocenters. The van der Waals surface area contributed by atoms with Gasteiger partial charge in [0.2, 0.25) is 5.91 Å². The van der Waals surface area contributed by atoms with Crippen molar-refractivity contribution in [2.75, 3.05) is 20.1 Å². The molecule has 2 N–H and O–H groups in total. The van der Waals surface area contributed by atoms with Gasteiger partial charge in [0.25, 0.3) is 0 Å². The number of nitrogens with zero attached hydrogens (tertiary/aromatic N) is 2. The van der Waals surface area contributed by atoms with E-state index in [-0.39, 0.29) is 11.9 Å². The van der Waals surface area contributed by atoms with Crippen molar-refractivity contribution in [2.24, 2.45) is 5.73 Å². The molecule has 4 nitrogen and oxygen atoms in total. The average Bonchev–Trinajstić information content (AvgIpc) is 2.31. The summed E-state index contributed by atoms with van der Waals surface area (Å²) in [7, 11) is 2.12. The average molecular weight is 241 g/mol. The molecule has 17 heavy (non-hydrogen) atoms. The Balaban J connectivity index is 2.52. The summed E-state index contributed by atoms with van der Waals surface area (Å²) in [4.78, 5) is 16.4. The maximum Gasteiger partial charge on any atom is 0.239 e. The van der Waals surface area contributed by atoms with E-state index in [0.29, 0.717) is 12.1 Å². The molecule has 1 saturated heterocycles. The molecule has 1 rings (SSSR count). The molecule has 0 aromatic carbocycles. The van der Waals surface area contributed by atoms with E-state index >= 15 is 0 Å². The van der Waals surface area contributed by atoms with Crippen molar-refractivity contribution in [3.63, 3.8) is 0 Å². The highest BCUT2D eigenvalue weighted by molar-refractivity contribution is 5.81. The van der Waals surface area contributed by atoms with Crippen LogP contribution < -0.4 is 5.73 Å². The predicted molar refractivity (Wildman–Crippen MR) is 70.8 cm³/mol. The monoisotopic (exact) mass is 241 g/mol. The number of nitrogens with two attached hydrogens (primary N) is 1. The van der Waals surface area contributed by atoms with E-state index in [0.717, 1.165) is 32.4 Å². The summed E-state index contributed by atoms with van der Waals surface area (Å²) in [6.07, 6.45) is 2.94. The number of hydrogen-bond acceptors (Lipinski definition) is 3. The molecule has 0 aromatic heterocycles. The fourth-order valence-corrected chi connectivity index (χ4v) is 2.37. The Kier molecular flexibility index (Phi) is 5.40. The van der Waals surface area contributed by atoms with E-state index in [1.54, 1.807) is 0 Å². The molecule has 1 heterocycles. The number of hydrogen-bond donors (Lipinski definition) is 1. The van der Waals surface area contributed by atoms with E-state index in [4.69, 9.17) is 5.73 Å². The lowest BCUT2D eigenvalue weighted by molar-refractivity contribution is -0.136. The van der Waals surface area contributed by atoms with Gasteiger partial charge >= 0.3 is 0 Å². The van der Waals surface area contributed by atoms with Gasteiger partial charge < -0.3 is 10.6 Å². The lowest BCUT2D eigenvalue weighted by Gasteiger charge is -2.43. The molecule has 0 aromatic rings. The Bertz CT molecular complexity index is 245. The lowest BCUT2D eigenvalue weighted by atomic mass is 10.1. The molecule has 1 amide bonds. The molecule has 1 aliphatic rings. The molecule has 100 valence electrons. The lowest BCUT2D eigenvalue weighted by Crippen LogP contribution is -2.59. The van der Waals surface area contributed by atoms with Gasteiger partial charge in [0.15, 0.2) is 0 Å². The summed E-state index contributed by atoms with van der Waals surface area (Å²) in [6.45, 7) is 8.05. The van der Waals surface area contributed by atoms with Crippen LogP contribution in [0.2, 0.25) is 0 Å². The van der Waals surface area contributed by atoms with E-state index in [1.165, 1.54) is 0 Å². The van der Waals surface area contributed by atoms with Crippen LogP contribution >= 0.6 is 0 Å². The standard InChI is InChI=1S/C13H27N3O/c1-5-6-7-12(14)13(17)16-8-10(2)15(4)11(3)9-16/h10-12H,5-9,14H2,1-4H3. The number of amides is 1. The molecule has 1 fully saturated rings. The summed E-state index contributed by atoms with van der Waals surface area (Å²) in [6, 6.07) is 0.528.